The molecule has 240 valence electrons. The van der Waals surface area contributed by atoms with Crippen molar-refractivity contribution in [1.82, 2.24) is 9.13 Å². The molecule has 0 aliphatic heterocycles. The Labute approximate surface area is 315 Å². The van der Waals surface area contributed by atoms with Crippen LogP contribution in [0.25, 0.3) is 76.5 Å². The summed E-state index contributed by atoms with van der Waals surface area (Å²) in [6.07, 6.45) is 0. The van der Waals surface area contributed by atoms with Crippen LogP contribution in [0.1, 0.15) is 0 Å². The monoisotopic (exact) mass is 810 g/mol. The number of nitrogens with zero attached hydrogens (tertiary/aromatic N) is 2. The van der Waals surface area contributed by atoms with E-state index in [1.165, 1.54) is 43.4 Å². The predicted molar refractivity (Wildman–Crippen MR) is 222 cm³/mol. The number of halogens is 4. The van der Waals surface area contributed by atoms with Crippen molar-refractivity contribution >= 4 is 120 Å². The van der Waals surface area contributed by atoms with E-state index in [0.29, 0.717) is 0 Å². The summed E-state index contributed by atoms with van der Waals surface area (Å²) < 4.78 is 6.69. The van der Waals surface area contributed by atoms with Crippen LogP contribution in [0.2, 0.25) is 10.0 Å². The van der Waals surface area contributed by atoms with Crippen molar-refractivity contribution in [1.29, 1.82) is 0 Å². The molecule has 10 rings (SSSR count). The van der Waals surface area contributed by atoms with Gasteiger partial charge in [-0.05, 0) is 83.6 Å². The molecule has 2 nitrogen and oxygen atoms in total. The molecule has 0 bridgehead atoms. The third-order valence-electron chi connectivity index (χ3n) is 9.39. The van der Waals surface area contributed by atoms with Crippen molar-refractivity contribution in [2.75, 3.05) is 0 Å². The van der Waals surface area contributed by atoms with Gasteiger partial charge in [-0.3, -0.25) is 0 Å². The second-order valence-corrected chi connectivity index (χ2v) is 14.9. The lowest BCUT2D eigenvalue weighted by molar-refractivity contribution is 1.18. The molecule has 0 fully saturated rings. The highest BCUT2D eigenvalue weighted by atomic mass is 79.9. The van der Waals surface area contributed by atoms with Gasteiger partial charge in [-0.25, -0.2) is 0 Å². The Balaban J connectivity index is 0.000000135. The Morgan fingerprint density at radius 1 is 0.340 bits per heavy atom. The fourth-order valence-corrected chi connectivity index (χ4v) is 8.59. The molecule has 8 aromatic carbocycles. The van der Waals surface area contributed by atoms with E-state index in [1.807, 2.05) is 24.3 Å². The van der Waals surface area contributed by atoms with Crippen LogP contribution in [-0.2, 0) is 0 Å². The van der Waals surface area contributed by atoms with Crippen LogP contribution in [0.3, 0.4) is 0 Å². The molecule has 0 aliphatic carbocycles. The van der Waals surface area contributed by atoms with Gasteiger partial charge in [-0.15, -0.1) is 0 Å². The van der Waals surface area contributed by atoms with E-state index in [9.17, 15) is 0 Å². The second kappa shape index (κ2) is 12.6. The summed E-state index contributed by atoms with van der Waals surface area (Å²) in [6.45, 7) is 0. The van der Waals surface area contributed by atoms with Gasteiger partial charge in [0, 0.05) is 52.6 Å². The maximum absolute atomic E-state index is 6.65. The summed E-state index contributed by atoms with van der Waals surface area (Å²) in [7, 11) is 0. The number of rotatable bonds is 2. The molecule has 0 atom stereocenters. The molecule has 0 saturated carbocycles. The number of benzene rings is 8. The molecule has 0 spiro atoms. The smallest absolute Gasteiger partial charge is 0.0562 e. The highest BCUT2D eigenvalue weighted by Gasteiger charge is 2.18. The van der Waals surface area contributed by atoms with Gasteiger partial charge in [0.2, 0.25) is 0 Å². The third-order valence-corrected chi connectivity index (χ3v) is 11.0. The van der Waals surface area contributed by atoms with Crippen molar-refractivity contribution in [3.05, 3.63) is 177 Å². The van der Waals surface area contributed by atoms with E-state index in [2.05, 4.69) is 174 Å². The minimum absolute atomic E-state index is 0.773. The summed E-state index contributed by atoms with van der Waals surface area (Å²) in [5.41, 5.74) is 6.91. The average molecular weight is 813 g/mol. The van der Waals surface area contributed by atoms with E-state index in [4.69, 9.17) is 23.2 Å². The topological polar surface area (TPSA) is 9.86 Å². The number of fused-ring (bicyclic) bond motifs is 10. The SMILES string of the molecule is Clc1cc2c(c3cc(Br)ccc13)c1ccccc1n2-c1ccccc1.Clc1cc2c(c3cc(Br)ccc13)c1ccccc1n2-c1ccccc1. The highest BCUT2D eigenvalue weighted by Crippen LogP contribution is 2.42. The zero-order valence-corrected chi connectivity index (χ0v) is 31.1. The van der Waals surface area contributed by atoms with E-state index in [-0.39, 0.29) is 0 Å². The molecule has 10 aromatic rings. The van der Waals surface area contributed by atoms with E-state index in [1.54, 1.807) is 0 Å². The van der Waals surface area contributed by atoms with Crippen molar-refractivity contribution in [3.8, 4) is 11.4 Å². The van der Waals surface area contributed by atoms with E-state index in [0.717, 1.165) is 52.2 Å². The van der Waals surface area contributed by atoms with Gasteiger partial charge in [0.15, 0.2) is 0 Å². The Bertz CT molecular complexity index is 2710. The summed E-state index contributed by atoms with van der Waals surface area (Å²) in [4.78, 5) is 0. The molecule has 0 radical (unpaired) electrons. The van der Waals surface area contributed by atoms with Gasteiger partial charge in [-0.1, -0.05) is 140 Å². The first-order valence-electron chi connectivity index (χ1n) is 16.2. The summed E-state index contributed by atoms with van der Waals surface area (Å²) in [5, 5.41) is 11.0. The number of hydrogen-bond donors (Lipinski definition) is 0. The molecule has 50 heavy (non-hydrogen) atoms. The van der Waals surface area contributed by atoms with Crippen LogP contribution in [0.5, 0.6) is 0 Å². The standard InChI is InChI=1S/2C22H13BrClN/c2*23-14-10-11-16-18(12-14)22-17-8-4-5-9-20(17)25(21(22)13-19(16)24)15-6-2-1-3-7-15/h2*1-13H. The van der Waals surface area contributed by atoms with Crippen LogP contribution < -0.4 is 0 Å². The largest absolute Gasteiger partial charge is 0.309 e. The van der Waals surface area contributed by atoms with Crippen molar-refractivity contribution in [3.63, 3.8) is 0 Å². The molecule has 0 aliphatic rings. The van der Waals surface area contributed by atoms with Gasteiger partial charge in [0.05, 0.1) is 32.1 Å². The minimum Gasteiger partial charge on any atom is -0.309 e. The van der Waals surface area contributed by atoms with Crippen LogP contribution in [0, 0.1) is 0 Å². The second-order valence-electron chi connectivity index (χ2n) is 12.3. The molecule has 0 N–H and O–H groups in total. The Kier molecular flexibility index (Phi) is 7.93. The van der Waals surface area contributed by atoms with Gasteiger partial charge in [0.1, 0.15) is 0 Å². The zero-order valence-electron chi connectivity index (χ0n) is 26.4. The normalized spacial score (nSPS) is 11.6. The molecule has 0 amide bonds. The lowest BCUT2D eigenvalue weighted by atomic mass is 10.0. The quantitative estimate of drug-likeness (QED) is 0.165. The molecule has 6 heteroatoms. The molecular weight excluding hydrogens is 787 g/mol. The summed E-state index contributed by atoms with van der Waals surface area (Å²) in [5.74, 6) is 0. The number of para-hydroxylation sites is 4. The van der Waals surface area contributed by atoms with E-state index >= 15 is 0 Å². The van der Waals surface area contributed by atoms with E-state index < -0.39 is 0 Å². The number of hydrogen-bond acceptors (Lipinski definition) is 0. The fraction of sp³-hybridized carbons (Fsp3) is 0. The summed E-state index contributed by atoms with van der Waals surface area (Å²) >= 11 is 20.5. The van der Waals surface area contributed by atoms with Crippen LogP contribution >= 0.6 is 55.1 Å². The number of aromatic nitrogens is 2. The maximum atomic E-state index is 6.65. The third kappa shape index (κ3) is 5.13. The lowest BCUT2D eigenvalue weighted by Crippen LogP contribution is -1.93. The molecule has 0 unspecified atom stereocenters. The molecule has 2 heterocycles. The average Bonchev–Trinajstić information content (AvgIpc) is 3.65. The fourth-order valence-electron chi connectivity index (χ4n) is 7.33. The Morgan fingerprint density at radius 3 is 1.14 bits per heavy atom. The van der Waals surface area contributed by atoms with Gasteiger partial charge < -0.3 is 9.13 Å². The van der Waals surface area contributed by atoms with Crippen molar-refractivity contribution < 1.29 is 0 Å². The Hall–Kier alpha value is -4.58. The molecule has 0 saturated heterocycles. The maximum Gasteiger partial charge on any atom is 0.0562 e. The highest BCUT2D eigenvalue weighted by molar-refractivity contribution is 9.10. The minimum atomic E-state index is 0.773. The Morgan fingerprint density at radius 2 is 0.720 bits per heavy atom. The molecule has 2 aromatic heterocycles. The first-order chi connectivity index (χ1) is 24.5. The first-order valence-corrected chi connectivity index (χ1v) is 18.5. The lowest BCUT2D eigenvalue weighted by Gasteiger charge is -2.09. The van der Waals surface area contributed by atoms with Gasteiger partial charge >= 0.3 is 0 Å². The van der Waals surface area contributed by atoms with Crippen molar-refractivity contribution in [2.45, 2.75) is 0 Å². The first kappa shape index (κ1) is 31.4. The molecular formula is C44H26Br2Cl2N2. The van der Waals surface area contributed by atoms with Crippen LogP contribution in [0.15, 0.2) is 167 Å². The zero-order chi connectivity index (χ0) is 33.9. The van der Waals surface area contributed by atoms with Crippen LogP contribution in [0.4, 0.5) is 0 Å². The predicted octanol–water partition coefficient (Wildman–Crippen LogP) is 14.7. The van der Waals surface area contributed by atoms with Gasteiger partial charge in [-0.2, -0.15) is 0 Å². The summed E-state index contributed by atoms with van der Waals surface area (Å²) in [6, 6.07) is 54.6. The van der Waals surface area contributed by atoms with Crippen LogP contribution in [-0.4, -0.2) is 9.13 Å². The van der Waals surface area contributed by atoms with Crippen molar-refractivity contribution in [2.24, 2.45) is 0 Å². The van der Waals surface area contributed by atoms with Gasteiger partial charge in [0.25, 0.3) is 0 Å².